The van der Waals surface area contributed by atoms with E-state index < -0.39 is 5.97 Å². The molecule has 0 atom stereocenters. The number of rotatable bonds is 4. The summed E-state index contributed by atoms with van der Waals surface area (Å²) in [5.74, 6) is 0.222. The lowest BCUT2D eigenvalue weighted by atomic mass is 10.2. The average molecular weight is 284 g/mol. The molecule has 0 amide bonds. The number of carbonyl (C=O) groups excluding carboxylic acids is 1. The zero-order valence-electron chi connectivity index (χ0n) is 11.3. The van der Waals surface area contributed by atoms with E-state index in [1.54, 1.807) is 43.5 Å². The third-order valence-corrected chi connectivity index (χ3v) is 2.78. The quantitative estimate of drug-likeness (QED) is 0.685. The van der Waals surface area contributed by atoms with Crippen LogP contribution in [0, 0.1) is 0 Å². The molecule has 0 bridgehead atoms. The molecule has 0 saturated heterocycles. The van der Waals surface area contributed by atoms with Crippen molar-refractivity contribution in [2.75, 3.05) is 6.61 Å². The normalized spacial score (nSPS) is 10.5. The molecule has 3 rings (SSSR count). The topological polar surface area (TPSA) is 74.5 Å². The summed E-state index contributed by atoms with van der Waals surface area (Å²) in [4.78, 5) is 20.0. The van der Waals surface area contributed by atoms with Crippen molar-refractivity contribution in [1.82, 2.24) is 9.97 Å². The van der Waals surface area contributed by atoms with Gasteiger partial charge in [0.1, 0.15) is 16.8 Å². The molecule has 0 unspecified atom stereocenters. The summed E-state index contributed by atoms with van der Waals surface area (Å²) >= 11 is 0. The molecule has 6 heteroatoms. The standard InChI is InChI=1S/C15H12N2O4/c1-2-19-15(18)11-4-3-7-16-14(11)21-10-5-6-12-13(8-10)20-9-17-12/h3-9H,2H2,1H3. The maximum atomic E-state index is 11.9. The molecule has 1 aromatic carbocycles. The highest BCUT2D eigenvalue weighted by atomic mass is 16.5. The smallest absolute Gasteiger partial charge is 0.343 e. The molecule has 106 valence electrons. The molecule has 2 aromatic heterocycles. The fourth-order valence-electron chi connectivity index (χ4n) is 1.85. The number of aromatic nitrogens is 2. The van der Waals surface area contributed by atoms with Gasteiger partial charge in [-0.25, -0.2) is 14.8 Å². The summed E-state index contributed by atoms with van der Waals surface area (Å²) in [7, 11) is 0. The Kier molecular flexibility index (Phi) is 3.51. The largest absolute Gasteiger partial charge is 0.462 e. The first-order chi connectivity index (χ1) is 10.3. The molecule has 6 nitrogen and oxygen atoms in total. The Bertz CT molecular complexity index is 782. The van der Waals surface area contributed by atoms with Gasteiger partial charge in [-0.1, -0.05) is 0 Å². The summed E-state index contributed by atoms with van der Waals surface area (Å²) in [6.07, 6.45) is 2.91. The SMILES string of the molecule is CCOC(=O)c1cccnc1Oc1ccc2ncoc2c1. The Balaban J connectivity index is 1.91. The second-order valence-electron chi connectivity index (χ2n) is 4.16. The fourth-order valence-corrected chi connectivity index (χ4v) is 1.85. The molecular formula is C15H12N2O4. The maximum Gasteiger partial charge on any atom is 0.343 e. The van der Waals surface area contributed by atoms with Gasteiger partial charge in [-0.05, 0) is 31.2 Å². The predicted molar refractivity (Wildman–Crippen MR) is 74.3 cm³/mol. The molecule has 21 heavy (non-hydrogen) atoms. The van der Waals surface area contributed by atoms with Crippen molar-refractivity contribution in [3.63, 3.8) is 0 Å². The number of hydrogen-bond donors (Lipinski definition) is 0. The number of fused-ring (bicyclic) bond motifs is 1. The first kappa shape index (κ1) is 13.1. The molecule has 0 aliphatic rings. The third kappa shape index (κ3) is 2.69. The summed E-state index contributed by atoms with van der Waals surface area (Å²) < 4.78 is 15.8. The van der Waals surface area contributed by atoms with Gasteiger partial charge in [0.2, 0.25) is 5.88 Å². The van der Waals surface area contributed by atoms with E-state index in [0.717, 1.165) is 5.52 Å². The molecule has 3 aromatic rings. The first-order valence-electron chi connectivity index (χ1n) is 6.41. The Morgan fingerprint density at radius 1 is 1.29 bits per heavy atom. The highest BCUT2D eigenvalue weighted by Gasteiger charge is 2.15. The molecule has 0 fully saturated rings. The molecule has 0 aliphatic heterocycles. The zero-order chi connectivity index (χ0) is 14.7. The summed E-state index contributed by atoms with van der Waals surface area (Å²) in [5.41, 5.74) is 1.60. The first-order valence-corrected chi connectivity index (χ1v) is 6.41. The van der Waals surface area contributed by atoms with E-state index >= 15 is 0 Å². The number of benzene rings is 1. The van der Waals surface area contributed by atoms with Crippen LogP contribution in [-0.4, -0.2) is 22.5 Å². The fraction of sp³-hybridized carbons (Fsp3) is 0.133. The van der Waals surface area contributed by atoms with Crippen LogP contribution in [0.1, 0.15) is 17.3 Å². The Labute approximate surface area is 120 Å². The molecule has 0 saturated carbocycles. The molecular weight excluding hydrogens is 272 g/mol. The monoisotopic (exact) mass is 284 g/mol. The van der Waals surface area contributed by atoms with Gasteiger partial charge in [0.15, 0.2) is 12.0 Å². The Morgan fingerprint density at radius 3 is 3.05 bits per heavy atom. The van der Waals surface area contributed by atoms with Crippen LogP contribution in [0.2, 0.25) is 0 Å². The van der Waals surface area contributed by atoms with Crippen molar-refractivity contribution in [3.8, 4) is 11.6 Å². The number of carbonyl (C=O) groups is 1. The minimum absolute atomic E-state index is 0.190. The van der Waals surface area contributed by atoms with Gasteiger partial charge in [-0.2, -0.15) is 0 Å². The van der Waals surface area contributed by atoms with Crippen molar-refractivity contribution in [3.05, 3.63) is 48.5 Å². The van der Waals surface area contributed by atoms with Gasteiger partial charge in [0.25, 0.3) is 0 Å². The number of pyridine rings is 1. The highest BCUT2D eigenvalue weighted by Crippen LogP contribution is 2.26. The van der Waals surface area contributed by atoms with E-state index in [1.807, 2.05) is 0 Å². The van der Waals surface area contributed by atoms with Crippen LogP contribution in [0.5, 0.6) is 11.6 Å². The van der Waals surface area contributed by atoms with E-state index in [2.05, 4.69) is 9.97 Å². The number of esters is 1. The van der Waals surface area contributed by atoms with Gasteiger partial charge in [-0.15, -0.1) is 0 Å². The number of oxazole rings is 1. The van der Waals surface area contributed by atoms with Crippen LogP contribution in [-0.2, 0) is 4.74 Å². The Morgan fingerprint density at radius 2 is 2.19 bits per heavy atom. The molecule has 0 radical (unpaired) electrons. The van der Waals surface area contributed by atoms with Crippen molar-refractivity contribution in [1.29, 1.82) is 0 Å². The predicted octanol–water partition coefficient (Wildman–Crippen LogP) is 3.19. The van der Waals surface area contributed by atoms with Crippen LogP contribution >= 0.6 is 0 Å². The molecule has 0 spiro atoms. The summed E-state index contributed by atoms with van der Waals surface area (Å²) in [6, 6.07) is 8.44. The van der Waals surface area contributed by atoms with Crippen LogP contribution in [0.3, 0.4) is 0 Å². The van der Waals surface area contributed by atoms with Gasteiger partial charge in [-0.3, -0.25) is 0 Å². The lowest BCUT2D eigenvalue weighted by molar-refractivity contribution is 0.0522. The second kappa shape index (κ2) is 5.62. The van der Waals surface area contributed by atoms with Crippen LogP contribution in [0.15, 0.2) is 47.3 Å². The minimum atomic E-state index is -0.471. The van der Waals surface area contributed by atoms with Gasteiger partial charge in [0.05, 0.1) is 6.61 Å². The zero-order valence-corrected chi connectivity index (χ0v) is 11.3. The number of ether oxygens (including phenoxy) is 2. The molecule has 0 N–H and O–H groups in total. The summed E-state index contributed by atoms with van der Waals surface area (Å²) in [5, 5.41) is 0. The van der Waals surface area contributed by atoms with E-state index in [1.165, 1.54) is 6.39 Å². The van der Waals surface area contributed by atoms with Gasteiger partial charge >= 0.3 is 5.97 Å². The Hall–Kier alpha value is -2.89. The highest BCUT2D eigenvalue weighted by molar-refractivity contribution is 5.91. The van der Waals surface area contributed by atoms with Gasteiger partial charge < -0.3 is 13.9 Å². The molecule has 2 heterocycles. The average Bonchev–Trinajstić information content (AvgIpc) is 2.95. The number of hydrogen-bond acceptors (Lipinski definition) is 6. The van der Waals surface area contributed by atoms with Crippen LogP contribution in [0.4, 0.5) is 0 Å². The second-order valence-corrected chi connectivity index (χ2v) is 4.16. The lowest BCUT2D eigenvalue weighted by Gasteiger charge is -2.08. The van der Waals surface area contributed by atoms with Crippen molar-refractivity contribution < 1.29 is 18.7 Å². The van der Waals surface area contributed by atoms with E-state index in [0.29, 0.717) is 11.3 Å². The van der Waals surface area contributed by atoms with Crippen molar-refractivity contribution >= 4 is 17.1 Å². The van der Waals surface area contributed by atoms with Crippen molar-refractivity contribution in [2.24, 2.45) is 0 Å². The van der Waals surface area contributed by atoms with E-state index in [-0.39, 0.29) is 18.1 Å². The summed E-state index contributed by atoms with van der Waals surface area (Å²) in [6.45, 7) is 2.03. The number of nitrogens with zero attached hydrogens (tertiary/aromatic N) is 2. The van der Waals surface area contributed by atoms with Gasteiger partial charge in [0, 0.05) is 12.3 Å². The minimum Gasteiger partial charge on any atom is -0.462 e. The third-order valence-electron chi connectivity index (χ3n) is 2.78. The van der Waals surface area contributed by atoms with Crippen LogP contribution in [0.25, 0.3) is 11.1 Å². The van der Waals surface area contributed by atoms with Crippen LogP contribution < -0.4 is 4.74 Å². The molecule has 0 aliphatic carbocycles. The maximum absolute atomic E-state index is 11.9. The van der Waals surface area contributed by atoms with E-state index in [4.69, 9.17) is 13.9 Å². The van der Waals surface area contributed by atoms with E-state index in [9.17, 15) is 4.79 Å². The lowest BCUT2D eigenvalue weighted by Crippen LogP contribution is -2.07. The van der Waals surface area contributed by atoms with Crippen molar-refractivity contribution in [2.45, 2.75) is 6.92 Å².